The number of benzene rings is 1. The number of alkyl halides is 3. The molecule has 1 N–H and O–H groups in total. The summed E-state index contributed by atoms with van der Waals surface area (Å²) in [4.78, 5) is 62.6. The molecular formula is C42H53F4N3O9S. The highest BCUT2D eigenvalue weighted by Crippen LogP contribution is 2.58. The number of allylic oxidation sites excluding steroid dienone is 2. The summed E-state index contributed by atoms with van der Waals surface area (Å²) in [7, 11) is -3.05. The van der Waals surface area contributed by atoms with E-state index in [2.05, 4.69) is 9.71 Å². The fourth-order valence-electron chi connectivity index (χ4n) is 8.36. The topological polar surface area (TPSA) is 158 Å². The predicted molar refractivity (Wildman–Crippen MR) is 208 cm³/mol. The molecule has 7 atom stereocenters. The van der Waals surface area contributed by atoms with Gasteiger partial charge in [-0.2, -0.15) is 4.98 Å². The number of aromatic nitrogens is 1. The number of pyridine rings is 1. The summed E-state index contributed by atoms with van der Waals surface area (Å²) in [6.45, 7) is 5.18. The van der Waals surface area contributed by atoms with Crippen LogP contribution in [0.4, 0.5) is 17.6 Å². The standard InChI is InChI=1S/C42H53F4N3O9S/c1-24-9-7-8-10-27-20-42(27,38(53)48-59(54,55)41(23-43)13-14-41)21-33(50)32-18-29(57-36-30-12-11-28(44)16-26(30)17-34(47-36)56-6)22-49(32)37(52)31(25(2)15-24)19-35(51)58-39(3,4)40(5,45)46/h8,10-12,16-17,24-25,27,29,31-32H,7,9,13-15,18-23H2,1-6H3,(H,48,53)/b10-8-/t24-,25-,27-,29-,31+,32+,42-/m1/s1. The van der Waals surface area contributed by atoms with Gasteiger partial charge < -0.3 is 19.1 Å². The molecule has 1 saturated heterocycles. The summed E-state index contributed by atoms with van der Waals surface area (Å²) < 4.78 is 101. The van der Waals surface area contributed by atoms with Gasteiger partial charge in [0, 0.05) is 31.2 Å². The molecule has 2 amide bonds. The molecule has 1 aromatic heterocycles. The predicted octanol–water partition coefficient (Wildman–Crippen LogP) is 6.64. The number of fused-ring (bicyclic) bond motifs is 3. The first-order valence-corrected chi connectivity index (χ1v) is 21.6. The number of nitrogens with zero attached hydrogens (tertiary/aromatic N) is 2. The van der Waals surface area contributed by atoms with E-state index in [4.69, 9.17) is 14.2 Å². The van der Waals surface area contributed by atoms with Crippen molar-refractivity contribution in [1.29, 1.82) is 0 Å². The van der Waals surface area contributed by atoms with Gasteiger partial charge in [-0.25, -0.2) is 26.0 Å². The number of ether oxygens (including phenoxy) is 3. The zero-order chi connectivity index (χ0) is 43.3. The third-order valence-corrected chi connectivity index (χ3v) is 15.0. The van der Waals surface area contributed by atoms with Crippen molar-refractivity contribution in [3.8, 4) is 11.8 Å². The molecule has 59 heavy (non-hydrogen) atoms. The highest BCUT2D eigenvalue weighted by molar-refractivity contribution is 7.91. The lowest BCUT2D eigenvalue weighted by molar-refractivity contribution is -0.197. The summed E-state index contributed by atoms with van der Waals surface area (Å²) in [6, 6.07) is 4.24. The summed E-state index contributed by atoms with van der Waals surface area (Å²) in [5.74, 6) is -9.05. The van der Waals surface area contributed by atoms with E-state index in [-0.39, 0.29) is 49.9 Å². The Balaban J connectivity index is 1.37. The van der Waals surface area contributed by atoms with Crippen LogP contribution in [0.2, 0.25) is 0 Å². The first-order chi connectivity index (χ1) is 27.5. The average molecular weight is 852 g/mol. The highest BCUT2D eigenvalue weighted by atomic mass is 32.2. The van der Waals surface area contributed by atoms with E-state index in [0.29, 0.717) is 37.0 Å². The van der Waals surface area contributed by atoms with Gasteiger partial charge in [-0.15, -0.1) is 0 Å². The number of Topliss-reactive ketones (excluding diaryl/α,β-unsaturated/α-hetero) is 1. The quantitative estimate of drug-likeness (QED) is 0.148. The second-order valence-electron chi connectivity index (χ2n) is 17.7. The number of sulfonamides is 1. The molecular weight excluding hydrogens is 799 g/mol. The zero-order valence-electron chi connectivity index (χ0n) is 34.2. The lowest BCUT2D eigenvalue weighted by atomic mass is 9.82. The summed E-state index contributed by atoms with van der Waals surface area (Å²) in [6.07, 6.45) is 3.54. The minimum atomic E-state index is -4.42. The van der Waals surface area contributed by atoms with Crippen LogP contribution in [-0.2, 0) is 33.9 Å². The molecule has 2 saturated carbocycles. The van der Waals surface area contributed by atoms with E-state index in [1.54, 1.807) is 13.0 Å². The Kier molecular flexibility index (Phi) is 12.2. The first-order valence-electron chi connectivity index (χ1n) is 20.1. The lowest BCUT2D eigenvalue weighted by Gasteiger charge is -2.34. The number of ketones is 1. The average Bonchev–Trinajstić information content (AvgIpc) is 4.05. The smallest absolute Gasteiger partial charge is 0.307 e. The number of carbonyl (C=O) groups excluding carboxylic acids is 4. The van der Waals surface area contributed by atoms with Crippen molar-refractivity contribution in [2.75, 3.05) is 20.3 Å². The van der Waals surface area contributed by atoms with Gasteiger partial charge in [0.1, 0.15) is 23.3 Å². The molecule has 12 nitrogen and oxygen atoms in total. The van der Waals surface area contributed by atoms with E-state index < -0.39 is 111 Å². The van der Waals surface area contributed by atoms with Crippen molar-refractivity contribution in [2.45, 2.75) is 121 Å². The van der Waals surface area contributed by atoms with Crippen LogP contribution in [0, 0.1) is 34.9 Å². The first kappa shape index (κ1) is 44.3. The summed E-state index contributed by atoms with van der Waals surface area (Å²) in [5.41, 5.74) is -3.70. The maximum Gasteiger partial charge on any atom is 0.307 e. The summed E-state index contributed by atoms with van der Waals surface area (Å²) >= 11 is 0. The Morgan fingerprint density at radius 1 is 1.08 bits per heavy atom. The number of nitrogens with one attached hydrogen (secondary N) is 1. The molecule has 4 aliphatic rings. The lowest BCUT2D eigenvalue weighted by Crippen LogP contribution is -2.49. The molecule has 324 valence electrons. The van der Waals surface area contributed by atoms with Crippen LogP contribution in [0.1, 0.15) is 92.4 Å². The molecule has 0 spiro atoms. The Labute approximate surface area is 341 Å². The van der Waals surface area contributed by atoms with Gasteiger partial charge in [0.05, 0.1) is 37.5 Å². The van der Waals surface area contributed by atoms with Gasteiger partial charge >= 0.3 is 5.97 Å². The Hall–Kier alpha value is -4.28. The van der Waals surface area contributed by atoms with Crippen LogP contribution in [0.3, 0.4) is 0 Å². The molecule has 1 aromatic carbocycles. The van der Waals surface area contributed by atoms with Crippen molar-refractivity contribution >= 4 is 44.4 Å². The van der Waals surface area contributed by atoms with E-state index in [1.807, 2.05) is 13.0 Å². The number of amides is 2. The highest BCUT2D eigenvalue weighted by Gasteiger charge is 2.63. The minimum absolute atomic E-state index is 0.0136. The van der Waals surface area contributed by atoms with Crippen LogP contribution in [0.15, 0.2) is 36.4 Å². The van der Waals surface area contributed by atoms with Crippen LogP contribution >= 0.6 is 0 Å². The van der Waals surface area contributed by atoms with E-state index in [0.717, 1.165) is 13.8 Å². The molecule has 6 rings (SSSR count). The number of carbonyl (C=O) groups is 4. The third-order valence-electron chi connectivity index (χ3n) is 12.8. The zero-order valence-corrected chi connectivity index (χ0v) is 35.0. The van der Waals surface area contributed by atoms with E-state index in [9.17, 15) is 45.2 Å². The van der Waals surface area contributed by atoms with Gasteiger partial charge in [0.15, 0.2) is 11.4 Å². The SMILES string of the molecule is COc1cc2cc(F)ccc2c(O[C@@H]2C[C@H]3C(=O)C[C@]4(C(=O)NS(=O)(=O)C5(CF)CC5)C[C@H]4/C=C\CC[C@@H](C)C[C@@H](C)[C@H](CC(=O)OC(C)(C)C(C)(F)F)C(=O)N3C2)n1. The molecule has 2 aliphatic heterocycles. The van der Waals surface area contributed by atoms with Gasteiger partial charge in [-0.05, 0) is 93.7 Å². The van der Waals surface area contributed by atoms with Crippen molar-refractivity contribution in [1.82, 2.24) is 14.6 Å². The van der Waals surface area contributed by atoms with Gasteiger partial charge in [-0.1, -0.05) is 26.0 Å². The molecule has 0 unspecified atom stereocenters. The maximum atomic E-state index is 14.9. The number of rotatable bonds is 11. The largest absolute Gasteiger partial charge is 0.481 e. The van der Waals surface area contributed by atoms with Gasteiger partial charge in [0.25, 0.3) is 5.92 Å². The van der Waals surface area contributed by atoms with Crippen molar-refractivity contribution < 1.29 is 59.4 Å². The molecule has 2 aliphatic carbocycles. The Morgan fingerprint density at radius 2 is 1.80 bits per heavy atom. The van der Waals surface area contributed by atoms with Gasteiger partial charge in [-0.3, -0.25) is 23.9 Å². The van der Waals surface area contributed by atoms with Crippen LogP contribution < -0.4 is 14.2 Å². The van der Waals surface area contributed by atoms with Crippen molar-refractivity contribution in [2.24, 2.45) is 29.1 Å². The second kappa shape index (κ2) is 16.3. The third kappa shape index (κ3) is 9.09. The maximum absolute atomic E-state index is 14.9. The van der Waals surface area contributed by atoms with Crippen LogP contribution in [0.5, 0.6) is 11.8 Å². The second-order valence-corrected chi connectivity index (χ2v) is 19.8. The monoisotopic (exact) mass is 851 g/mol. The number of hydrogen-bond acceptors (Lipinski definition) is 10. The number of halogens is 4. The number of esters is 1. The molecule has 0 radical (unpaired) electrons. The molecule has 0 bridgehead atoms. The normalized spacial score (nSPS) is 29.4. The van der Waals surface area contributed by atoms with Gasteiger partial charge in [0.2, 0.25) is 33.6 Å². The van der Waals surface area contributed by atoms with Crippen molar-refractivity contribution in [3.63, 3.8) is 0 Å². The molecule has 2 aromatic rings. The van der Waals surface area contributed by atoms with E-state index >= 15 is 0 Å². The Bertz CT molecular complexity index is 2120. The Morgan fingerprint density at radius 3 is 2.44 bits per heavy atom. The fourth-order valence-corrected chi connectivity index (χ4v) is 9.81. The van der Waals surface area contributed by atoms with E-state index in [1.165, 1.54) is 36.3 Å². The van der Waals surface area contributed by atoms with Crippen LogP contribution in [0.25, 0.3) is 10.8 Å². The minimum Gasteiger partial charge on any atom is -0.481 e. The van der Waals surface area contributed by atoms with Crippen LogP contribution in [-0.4, -0.2) is 90.6 Å². The fraction of sp³-hybridized carbons (Fsp3) is 0.643. The molecule has 17 heteroatoms. The number of methoxy groups -OCH3 is 1. The molecule has 3 heterocycles. The summed E-state index contributed by atoms with van der Waals surface area (Å²) in [5, 5.41) is 0.824. The molecule has 3 fully saturated rings. The van der Waals surface area contributed by atoms with Crippen molar-refractivity contribution in [3.05, 3.63) is 42.2 Å². The number of hydrogen-bond donors (Lipinski definition) is 1.